The quantitative estimate of drug-likeness (QED) is 0.736. The van der Waals surface area contributed by atoms with Gasteiger partial charge in [-0.1, -0.05) is 31.1 Å². The summed E-state index contributed by atoms with van der Waals surface area (Å²) in [7, 11) is 0. The zero-order valence-corrected chi connectivity index (χ0v) is 11.3. The minimum atomic E-state index is 0.0316. The molecular formula is C16H20N2O. The van der Waals surface area contributed by atoms with Crippen molar-refractivity contribution in [2.75, 3.05) is 13.1 Å². The summed E-state index contributed by atoms with van der Waals surface area (Å²) >= 11 is 0. The van der Waals surface area contributed by atoms with Gasteiger partial charge in [0.25, 0.3) is 0 Å². The largest absolute Gasteiger partial charge is 0.348 e. The summed E-state index contributed by atoms with van der Waals surface area (Å²) in [5.74, 6) is 2.85. The highest BCUT2D eigenvalue weighted by molar-refractivity contribution is 5.94. The zero-order valence-electron chi connectivity index (χ0n) is 11.3. The Morgan fingerprint density at radius 3 is 3.05 bits per heavy atom. The van der Waals surface area contributed by atoms with Crippen molar-refractivity contribution in [2.45, 2.75) is 25.8 Å². The van der Waals surface area contributed by atoms with Crippen LogP contribution in [0.25, 0.3) is 0 Å². The second-order valence-electron chi connectivity index (χ2n) is 5.09. The lowest BCUT2D eigenvalue weighted by Gasteiger charge is -2.18. The van der Waals surface area contributed by atoms with Crippen molar-refractivity contribution in [2.24, 2.45) is 5.92 Å². The molecule has 1 aliphatic heterocycles. The minimum absolute atomic E-state index is 0.0316. The van der Waals surface area contributed by atoms with E-state index in [0.29, 0.717) is 0 Å². The highest BCUT2D eigenvalue weighted by atomic mass is 16.1. The lowest BCUT2D eigenvalue weighted by atomic mass is 9.93. The van der Waals surface area contributed by atoms with Crippen LogP contribution in [0.3, 0.4) is 0 Å². The summed E-state index contributed by atoms with van der Waals surface area (Å²) in [6.45, 7) is 3.90. The van der Waals surface area contributed by atoms with E-state index in [4.69, 9.17) is 6.42 Å². The molecule has 0 aromatic carbocycles. The maximum Gasteiger partial charge on any atom is 0.247 e. The maximum atomic E-state index is 12.3. The molecule has 0 aromatic rings. The summed E-state index contributed by atoms with van der Waals surface area (Å²) in [5.41, 5.74) is 1.61. The van der Waals surface area contributed by atoms with Gasteiger partial charge in [-0.15, -0.1) is 6.42 Å². The number of carbonyl (C=O) groups excluding carboxylic acids is 1. The Morgan fingerprint density at radius 1 is 1.53 bits per heavy atom. The van der Waals surface area contributed by atoms with Gasteiger partial charge in [0.2, 0.25) is 5.91 Å². The molecule has 3 heteroatoms. The highest BCUT2D eigenvalue weighted by Crippen LogP contribution is 2.19. The summed E-state index contributed by atoms with van der Waals surface area (Å²) in [6.07, 6.45) is 14.9. The first-order chi connectivity index (χ1) is 9.20. The van der Waals surface area contributed by atoms with Crippen LogP contribution in [0.2, 0.25) is 0 Å². The molecular weight excluding hydrogens is 236 g/mol. The van der Waals surface area contributed by atoms with Crippen LogP contribution < -0.4 is 10.6 Å². The maximum absolute atomic E-state index is 12.3. The number of rotatable bonds is 2. The van der Waals surface area contributed by atoms with Crippen LogP contribution >= 0.6 is 0 Å². The van der Waals surface area contributed by atoms with Crippen molar-refractivity contribution >= 4 is 5.91 Å². The second kappa shape index (κ2) is 6.40. The van der Waals surface area contributed by atoms with Gasteiger partial charge in [-0.2, -0.15) is 0 Å². The average Bonchev–Trinajstić information content (AvgIpc) is 2.86. The molecule has 2 atom stereocenters. The number of hydrogen-bond donors (Lipinski definition) is 2. The summed E-state index contributed by atoms with van der Waals surface area (Å²) in [6, 6.07) is 0.248. The van der Waals surface area contributed by atoms with E-state index in [9.17, 15) is 4.79 Å². The van der Waals surface area contributed by atoms with E-state index in [0.717, 1.165) is 37.1 Å². The van der Waals surface area contributed by atoms with Gasteiger partial charge in [0.15, 0.2) is 0 Å². The Morgan fingerprint density at radius 2 is 2.37 bits per heavy atom. The van der Waals surface area contributed by atoms with E-state index < -0.39 is 0 Å². The number of allylic oxidation sites excluding steroid dienone is 5. The number of amides is 1. The summed E-state index contributed by atoms with van der Waals surface area (Å²) in [5, 5.41) is 6.33. The van der Waals surface area contributed by atoms with Crippen LogP contribution in [-0.4, -0.2) is 25.0 Å². The molecule has 1 amide bonds. The fourth-order valence-electron chi connectivity index (χ4n) is 2.37. The van der Waals surface area contributed by atoms with Crippen LogP contribution in [0.15, 0.2) is 35.5 Å². The molecule has 100 valence electrons. The number of terminal acetylenes is 1. The van der Waals surface area contributed by atoms with Crippen LogP contribution in [-0.2, 0) is 4.79 Å². The predicted molar refractivity (Wildman–Crippen MR) is 77.3 cm³/mol. The monoisotopic (exact) mass is 256 g/mol. The fraction of sp³-hybridized carbons (Fsp3) is 0.438. The Balaban J connectivity index is 2.11. The third-order valence-corrected chi connectivity index (χ3v) is 3.58. The van der Waals surface area contributed by atoms with Gasteiger partial charge in [0.05, 0.1) is 0 Å². The van der Waals surface area contributed by atoms with Gasteiger partial charge < -0.3 is 10.6 Å². The van der Waals surface area contributed by atoms with Crippen molar-refractivity contribution < 1.29 is 4.79 Å². The van der Waals surface area contributed by atoms with Gasteiger partial charge in [0, 0.05) is 23.7 Å². The molecule has 1 heterocycles. The van der Waals surface area contributed by atoms with E-state index in [2.05, 4.69) is 23.5 Å². The lowest BCUT2D eigenvalue weighted by molar-refractivity contribution is -0.118. The molecule has 1 unspecified atom stereocenters. The molecule has 2 rings (SSSR count). The van der Waals surface area contributed by atoms with Crippen LogP contribution in [0.1, 0.15) is 19.8 Å². The Kier molecular flexibility index (Phi) is 4.59. The summed E-state index contributed by atoms with van der Waals surface area (Å²) in [4.78, 5) is 12.3. The normalized spacial score (nSPS) is 33.9. The van der Waals surface area contributed by atoms with Crippen molar-refractivity contribution in [1.29, 1.82) is 0 Å². The molecule has 0 aromatic heterocycles. The smallest absolute Gasteiger partial charge is 0.247 e. The Hall–Kier alpha value is -1.79. The molecule has 3 nitrogen and oxygen atoms in total. The molecule has 1 aliphatic carbocycles. The van der Waals surface area contributed by atoms with Gasteiger partial charge in [-0.3, -0.25) is 4.79 Å². The molecule has 1 saturated heterocycles. The second-order valence-corrected chi connectivity index (χ2v) is 5.09. The topological polar surface area (TPSA) is 41.1 Å². The van der Waals surface area contributed by atoms with Crippen molar-refractivity contribution in [1.82, 2.24) is 10.6 Å². The SMILES string of the molecule is C#CC1=C/C=C(/C(=O)N[C@H]2CCNC2)C(C)C\C=C\1. The summed E-state index contributed by atoms with van der Waals surface area (Å²) < 4.78 is 0. The zero-order chi connectivity index (χ0) is 13.7. The van der Waals surface area contributed by atoms with Crippen LogP contribution in [0.4, 0.5) is 0 Å². The van der Waals surface area contributed by atoms with Gasteiger partial charge in [-0.05, 0) is 31.4 Å². The molecule has 19 heavy (non-hydrogen) atoms. The molecule has 0 spiro atoms. The van der Waals surface area contributed by atoms with Crippen molar-refractivity contribution in [3.63, 3.8) is 0 Å². The van der Waals surface area contributed by atoms with Crippen LogP contribution in [0.5, 0.6) is 0 Å². The number of nitrogens with one attached hydrogen (secondary N) is 2. The highest BCUT2D eigenvalue weighted by Gasteiger charge is 2.21. The average molecular weight is 256 g/mol. The first-order valence-electron chi connectivity index (χ1n) is 6.77. The molecule has 1 fully saturated rings. The molecule has 0 bridgehead atoms. The molecule has 0 saturated carbocycles. The number of hydrogen-bond acceptors (Lipinski definition) is 2. The van der Waals surface area contributed by atoms with Crippen molar-refractivity contribution in [3.05, 3.63) is 35.5 Å². The van der Waals surface area contributed by atoms with E-state index in [-0.39, 0.29) is 17.9 Å². The van der Waals surface area contributed by atoms with E-state index in [1.54, 1.807) is 0 Å². The molecule has 0 radical (unpaired) electrons. The fourth-order valence-corrected chi connectivity index (χ4v) is 2.37. The standard InChI is InChI=1S/C16H20N2O/c1-3-13-6-4-5-12(2)15(8-7-13)16(19)18-14-9-10-17-11-14/h1,4,6-8,12,14,17H,5,9-11H2,2H3,(H,18,19)/b6-4+,13-7-,15-8+/t12?,14-/m0/s1. The van der Waals surface area contributed by atoms with E-state index >= 15 is 0 Å². The predicted octanol–water partition coefficient (Wildman–Crippen LogP) is 1.55. The van der Waals surface area contributed by atoms with Crippen LogP contribution in [0, 0.1) is 18.3 Å². The van der Waals surface area contributed by atoms with Crippen molar-refractivity contribution in [3.8, 4) is 12.3 Å². The molecule has 2 N–H and O–H groups in total. The Labute approximate surface area is 114 Å². The number of carbonyl (C=O) groups is 1. The minimum Gasteiger partial charge on any atom is -0.348 e. The van der Waals surface area contributed by atoms with Gasteiger partial charge >= 0.3 is 0 Å². The molecule has 2 aliphatic rings. The van der Waals surface area contributed by atoms with Gasteiger partial charge in [-0.25, -0.2) is 0 Å². The third kappa shape index (κ3) is 3.59. The van der Waals surface area contributed by atoms with Gasteiger partial charge in [0.1, 0.15) is 0 Å². The lowest BCUT2D eigenvalue weighted by Crippen LogP contribution is -2.38. The van der Waals surface area contributed by atoms with E-state index in [1.165, 1.54) is 0 Å². The van der Waals surface area contributed by atoms with E-state index in [1.807, 2.05) is 24.3 Å². The first-order valence-corrected chi connectivity index (χ1v) is 6.77. The Bertz CT molecular complexity index is 473. The third-order valence-electron chi connectivity index (χ3n) is 3.58. The first kappa shape index (κ1) is 13.6.